The molecule has 0 spiro atoms. The Balaban J connectivity index is 1.37. The molecular weight excluding hydrogens is 362 g/mol. The summed E-state index contributed by atoms with van der Waals surface area (Å²) in [6.07, 6.45) is 12.0. The number of ketones is 1. The maximum Gasteiger partial charge on any atom is 0.357 e. The van der Waals surface area contributed by atoms with Crippen LogP contribution in [0.15, 0.2) is 36.0 Å². The SMILES string of the molecule is C[C@]12CCC(=O)C=C1CC[C@@H]1[C@@H]2CC[C@]2(C)C(OC(=O)c3ccccn3)CC[C@@H]12. The minimum Gasteiger partial charge on any atom is -0.457 e. The van der Waals surface area contributed by atoms with Gasteiger partial charge in [0.05, 0.1) is 0 Å². The lowest BCUT2D eigenvalue weighted by Crippen LogP contribution is -2.51. The molecule has 3 fully saturated rings. The summed E-state index contributed by atoms with van der Waals surface area (Å²) in [5, 5.41) is 0. The molecule has 1 unspecified atom stereocenters. The van der Waals surface area contributed by atoms with Gasteiger partial charge in [0.15, 0.2) is 5.78 Å². The highest BCUT2D eigenvalue weighted by Gasteiger charge is 2.60. The molecule has 0 radical (unpaired) electrons. The normalized spacial score (nSPS) is 41.0. The molecule has 0 N–H and O–H groups in total. The first-order chi connectivity index (χ1) is 13.9. The molecule has 0 bridgehead atoms. The van der Waals surface area contributed by atoms with Gasteiger partial charge in [0.25, 0.3) is 0 Å². The third-order valence-electron chi connectivity index (χ3n) is 9.00. The van der Waals surface area contributed by atoms with E-state index in [0.29, 0.717) is 35.7 Å². The molecular formula is C25H31NO3. The van der Waals surface area contributed by atoms with Gasteiger partial charge in [0.1, 0.15) is 11.8 Å². The minimum absolute atomic E-state index is 0.0133. The lowest BCUT2D eigenvalue weighted by molar-refractivity contribution is -0.118. The van der Waals surface area contributed by atoms with Crippen molar-refractivity contribution in [3.05, 3.63) is 41.7 Å². The molecule has 1 aromatic rings. The van der Waals surface area contributed by atoms with Crippen LogP contribution in [0.5, 0.6) is 0 Å². The van der Waals surface area contributed by atoms with Crippen molar-refractivity contribution in [2.45, 2.75) is 71.3 Å². The van der Waals surface area contributed by atoms with Gasteiger partial charge in [-0.05, 0) is 86.3 Å². The Bertz CT molecular complexity index is 862. The molecule has 4 heteroatoms. The minimum atomic E-state index is -0.286. The maximum absolute atomic E-state index is 12.6. The predicted octanol–water partition coefficient (Wildman–Crippen LogP) is 5.14. The van der Waals surface area contributed by atoms with Crippen LogP contribution in [-0.4, -0.2) is 22.8 Å². The van der Waals surface area contributed by atoms with Gasteiger partial charge in [-0.1, -0.05) is 25.5 Å². The summed E-state index contributed by atoms with van der Waals surface area (Å²) in [7, 11) is 0. The molecule has 4 nitrogen and oxygen atoms in total. The van der Waals surface area contributed by atoms with E-state index in [1.165, 1.54) is 18.4 Å². The summed E-state index contributed by atoms with van der Waals surface area (Å²) in [6.45, 7) is 4.77. The lowest BCUT2D eigenvalue weighted by Gasteiger charge is -2.57. The van der Waals surface area contributed by atoms with E-state index in [0.717, 1.165) is 32.1 Å². The number of carbonyl (C=O) groups excluding carboxylic acids is 2. The third kappa shape index (κ3) is 2.90. The maximum atomic E-state index is 12.6. The second-order valence-corrected chi connectivity index (χ2v) is 10.2. The van der Waals surface area contributed by atoms with Crippen LogP contribution in [0.2, 0.25) is 0 Å². The smallest absolute Gasteiger partial charge is 0.357 e. The molecule has 1 heterocycles. The van der Waals surface area contributed by atoms with Crippen LogP contribution < -0.4 is 0 Å². The zero-order chi connectivity index (χ0) is 20.2. The fourth-order valence-electron chi connectivity index (χ4n) is 7.38. The number of nitrogens with zero attached hydrogens (tertiary/aromatic N) is 1. The van der Waals surface area contributed by atoms with E-state index < -0.39 is 0 Å². The van der Waals surface area contributed by atoms with Crippen molar-refractivity contribution in [3.8, 4) is 0 Å². The number of rotatable bonds is 2. The fourth-order valence-corrected chi connectivity index (χ4v) is 7.38. The summed E-state index contributed by atoms with van der Waals surface area (Å²) >= 11 is 0. The summed E-state index contributed by atoms with van der Waals surface area (Å²) in [4.78, 5) is 28.8. The number of hydrogen-bond acceptors (Lipinski definition) is 4. The van der Waals surface area contributed by atoms with E-state index in [1.54, 1.807) is 12.3 Å². The summed E-state index contributed by atoms with van der Waals surface area (Å²) < 4.78 is 6.04. The largest absolute Gasteiger partial charge is 0.457 e. The number of hydrogen-bond donors (Lipinski definition) is 0. The monoisotopic (exact) mass is 393 g/mol. The highest BCUT2D eigenvalue weighted by molar-refractivity contribution is 5.91. The van der Waals surface area contributed by atoms with Gasteiger partial charge in [0, 0.05) is 18.0 Å². The van der Waals surface area contributed by atoms with E-state index >= 15 is 0 Å². The molecule has 0 aliphatic heterocycles. The van der Waals surface area contributed by atoms with E-state index in [9.17, 15) is 9.59 Å². The number of pyridine rings is 1. The van der Waals surface area contributed by atoms with Crippen molar-refractivity contribution in [1.29, 1.82) is 0 Å². The first kappa shape index (κ1) is 19.0. The van der Waals surface area contributed by atoms with E-state index in [1.807, 2.05) is 18.2 Å². The molecule has 0 saturated heterocycles. The molecule has 4 aliphatic rings. The molecule has 29 heavy (non-hydrogen) atoms. The number of esters is 1. The van der Waals surface area contributed by atoms with Crippen molar-refractivity contribution in [2.75, 3.05) is 0 Å². The van der Waals surface area contributed by atoms with Crippen LogP contribution in [0.3, 0.4) is 0 Å². The zero-order valence-corrected chi connectivity index (χ0v) is 17.5. The number of carbonyl (C=O) groups is 2. The van der Waals surface area contributed by atoms with Crippen molar-refractivity contribution < 1.29 is 14.3 Å². The number of fused-ring (bicyclic) bond motifs is 5. The van der Waals surface area contributed by atoms with Crippen LogP contribution in [0.25, 0.3) is 0 Å². The topological polar surface area (TPSA) is 56.3 Å². The number of ether oxygens (including phenoxy) is 1. The van der Waals surface area contributed by atoms with Crippen LogP contribution in [0.1, 0.15) is 75.7 Å². The Morgan fingerprint density at radius 1 is 1.07 bits per heavy atom. The number of allylic oxidation sites excluding steroid dienone is 1. The third-order valence-corrected chi connectivity index (χ3v) is 9.00. The Hall–Kier alpha value is -1.97. The van der Waals surface area contributed by atoms with Crippen molar-refractivity contribution >= 4 is 11.8 Å². The average Bonchev–Trinajstić information content (AvgIpc) is 3.05. The fraction of sp³-hybridized carbons (Fsp3) is 0.640. The van der Waals surface area contributed by atoms with Crippen LogP contribution in [0.4, 0.5) is 0 Å². The van der Waals surface area contributed by atoms with Gasteiger partial charge in [-0.2, -0.15) is 0 Å². The van der Waals surface area contributed by atoms with Crippen LogP contribution in [-0.2, 0) is 9.53 Å². The molecule has 0 aromatic carbocycles. The molecule has 6 atom stereocenters. The van der Waals surface area contributed by atoms with Crippen LogP contribution in [0, 0.1) is 28.6 Å². The van der Waals surface area contributed by atoms with Crippen molar-refractivity contribution in [1.82, 2.24) is 4.98 Å². The Morgan fingerprint density at radius 3 is 2.72 bits per heavy atom. The first-order valence-corrected chi connectivity index (χ1v) is 11.3. The highest BCUT2D eigenvalue weighted by Crippen LogP contribution is 2.65. The highest BCUT2D eigenvalue weighted by atomic mass is 16.5. The molecule has 154 valence electrons. The Kier molecular flexibility index (Phi) is 4.45. The zero-order valence-electron chi connectivity index (χ0n) is 17.5. The average molecular weight is 394 g/mol. The van der Waals surface area contributed by atoms with Crippen molar-refractivity contribution in [2.24, 2.45) is 28.6 Å². The van der Waals surface area contributed by atoms with Gasteiger partial charge >= 0.3 is 5.97 Å². The predicted molar refractivity (Wildman–Crippen MR) is 110 cm³/mol. The Labute approximate surface area is 173 Å². The van der Waals surface area contributed by atoms with E-state index in [4.69, 9.17) is 4.74 Å². The molecule has 0 amide bonds. The van der Waals surface area contributed by atoms with Crippen LogP contribution >= 0.6 is 0 Å². The van der Waals surface area contributed by atoms with E-state index in [2.05, 4.69) is 18.8 Å². The second kappa shape index (κ2) is 6.78. The quantitative estimate of drug-likeness (QED) is 0.653. The van der Waals surface area contributed by atoms with Crippen molar-refractivity contribution in [3.63, 3.8) is 0 Å². The van der Waals surface area contributed by atoms with Gasteiger partial charge in [0.2, 0.25) is 0 Å². The second-order valence-electron chi connectivity index (χ2n) is 10.2. The summed E-state index contributed by atoms with van der Waals surface area (Å²) in [5.41, 5.74) is 2.07. The van der Waals surface area contributed by atoms with Gasteiger partial charge in [-0.3, -0.25) is 4.79 Å². The standard InChI is InChI=1S/C25H31NO3/c1-24-12-10-17(27)15-16(24)6-7-18-19-8-9-22(25(19,2)13-11-20(18)24)29-23(28)21-5-3-4-14-26-21/h3-5,14-15,18-20,22H,6-13H2,1-2H3/t18-,19-,20-,22?,24-,25-/m0/s1. The molecule has 3 saturated carbocycles. The summed E-state index contributed by atoms with van der Waals surface area (Å²) in [5.74, 6) is 1.99. The van der Waals surface area contributed by atoms with Gasteiger partial charge in [-0.15, -0.1) is 0 Å². The van der Waals surface area contributed by atoms with Gasteiger partial charge in [-0.25, -0.2) is 9.78 Å². The lowest BCUT2D eigenvalue weighted by atomic mass is 9.47. The first-order valence-electron chi connectivity index (χ1n) is 11.3. The number of aromatic nitrogens is 1. The van der Waals surface area contributed by atoms with Gasteiger partial charge < -0.3 is 4.74 Å². The molecule has 4 aliphatic carbocycles. The summed E-state index contributed by atoms with van der Waals surface area (Å²) in [6, 6.07) is 5.38. The van der Waals surface area contributed by atoms with E-state index in [-0.39, 0.29) is 22.9 Å². The Morgan fingerprint density at radius 2 is 1.93 bits per heavy atom. The molecule has 5 rings (SSSR count). The molecule has 1 aromatic heterocycles.